The standard InChI is InChI=1S/C14H22N2O2S2/c1-10-15-12(8-20-10)7-19-9-14(18)16-13-5-3-2-4-11(13)6-17/h8,11,13,17H,2-7,9H2,1H3,(H,16,18). The van der Waals surface area contributed by atoms with E-state index in [9.17, 15) is 9.90 Å². The van der Waals surface area contributed by atoms with E-state index in [0.717, 1.165) is 42.1 Å². The minimum absolute atomic E-state index is 0.0762. The summed E-state index contributed by atoms with van der Waals surface area (Å²) in [7, 11) is 0. The van der Waals surface area contributed by atoms with Crippen molar-refractivity contribution in [1.29, 1.82) is 0 Å². The summed E-state index contributed by atoms with van der Waals surface area (Å²) in [6.45, 7) is 2.17. The molecule has 1 fully saturated rings. The third-order valence-electron chi connectivity index (χ3n) is 3.64. The van der Waals surface area contributed by atoms with Gasteiger partial charge in [-0.3, -0.25) is 4.79 Å². The van der Waals surface area contributed by atoms with E-state index in [2.05, 4.69) is 10.3 Å². The molecule has 6 heteroatoms. The van der Waals surface area contributed by atoms with Crippen LogP contribution in [0.3, 0.4) is 0 Å². The molecule has 2 rings (SSSR count). The van der Waals surface area contributed by atoms with Crippen molar-refractivity contribution in [2.75, 3.05) is 12.4 Å². The summed E-state index contributed by atoms with van der Waals surface area (Å²) in [5.74, 6) is 1.56. The van der Waals surface area contributed by atoms with E-state index in [1.807, 2.05) is 12.3 Å². The van der Waals surface area contributed by atoms with Crippen LogP contribution in [0.2, 0.25) is 0 Å². The zero-order chi connectivity index (χ0) is 14.4. The molecule has 2 unspecified atom stereocenters. The highest BCUT2D eigenvalue weighted by Crippen LogP contribution is 2.24. The number of thioether (sulfide) groups is 1. The van der Waals surface area contributed by atoms with Crippen molar-refractivity contribution in [3.8, 4) is 0 Å². The van der Waals surface area contributed by atoms with E-state index in [1.165, 1.54) is 0 Å². The topological polar surface area (TPSA) is 62.2 Å². The van der Waals surface area contributed by atoms with Crippen molar-refractivity contribution in [3.05, 3.63) is 16.1 Å². The second-order valence-electron chi connectivity index (χ2n) is 5.25. The van der Waals surface area contributed by atoms with Gasteiger partial charge in [0.1, 0.15) is 0 Å². The lowest BCUT2D eigenvalue weighted by Crippen LogP contribution is -2.44. The predicted octanol–water partition coefficient (Wildman–Crippen LogP) is 2.35. The van der Waals surface area contributed by atoms with Gasteiger partial charge in [0.05, 0.1) is 16.5 Å². The summed E-state index contributed by atoms with van der Waals surface area (Å²) in [4.78, 5) is 16.3. The summed E-state index contributed by atoms with van der Waals surface area (Å²) in [6, 6.07) is 0.156. The van der Waals surface area contributed by atoms with Gasteiger partial charge in [-0.15, -0.1) is 23.1 Å². The van der Waals surface area contributed by atoms with Crippen molar-refractivity contribution in [1.82, 2.24) is 10.3 Å². The van der Waals surface area contributed by atoms with Crippen LogP contribution in [0.1, 0.15) is 36.4 Å². The summed E-state index contributed by atoms with van der Waals surface area (Å²) >= 11 is 3.24. The van der Waals surface area contributed by atoms with Gasteiger partial charge in [-0.2, -0.15) is 0 Å². The van der Waals surface area contributed by atoms with Gasteiger partial charge in [0.15, 0.2) is 0 Å². The van der Waals surface area contributed by atoms with Crippen LogP contribution in [-0.4, -0.2) is 34.4 Å². The van der Waals surface area contributed by atoms with Crippen molar-refractivity contribution in [2.24, 2.45) is 5.92 Å². The van der Waals surface area contributed by atoms with Crippen LogP contribution >= 0.6 is 23.1 Å². The van der Waals surface area contributed by atoms with Crippen LogP contribution in [0.4, 0.5) is 0 Å². The van der Waals surface area contributed by atoms with E-state index >= 15 is 0 Å². The van der Waals surface area contributed by atoms with Crippen molar-refractivity contribution in [2.45, 2.75) is 44.4 Å². The Kier molecular flexibility index (Phi) is 6.32. The number of hydrogen-bond acceptors (Lipinski definition) is 5. The van der Waals surface area contributed by atoms with Gasteiger partial charge in [-0.25, -0.2) is 4.98 Å². The second-order valence-corrected chi connectivity index (χ2v) is 7.30. The first kappa shape index (κ1) is 15.8. The van der Waals surface area contributed by atoms with Gasteiger partial charge >= 0.3 is 0 Å². The van der Waals surface area contributed by atoms with Crippen LogP contribution in [-0.2, 0) is 10.5 Å². The number of aromatic nitrogens is 1. The Hall–Kier alpha value is -0.590. The zero-order valence-electron chi connectivity index (χ0n) is 11.8. The normalized spacial score (nSPS) is 22.7. The molecular weight excluding hydrogens is 292 g/mol. The highest BCUT2D eigenvalue weighted by atomic mass is 32.2. The second kappa shape index (κ2) is 8.00. The van der Waals surface area contributed by atoms with Crippen LogP contribution < -0.4 is 5.32 Å². The molecule has 4 nitrogen and oxygen atoms in total. The van der Waals surface area contributed by atoms with Gasteiger partial charge in [-0.05, 0) is 19.8 Å². The molecule has 1 aromatic rings. The fourth-order valence-corrected chi connectivity index (χ4v) is 4.03. The molecule has 2 N–H and O–H groups in total. The third kappa shape index (κ3) is 4.75. The Labute approximate surface area is 128 Å². The molecule has 112 valence electrons. The minimum Gasteiger partial charge on any atom is -0.396 e. The first-order valence-electron chi connectivity index (χ1n) is 7.08. The Balaban J connectivity index is 1.69. The number of nitrogens with zero attached hydrogens (tertiary/aromatic N) is 1. The average Bonchev–Trinajstić information content (AvgIpc) is 2.85. The highest BCUT2D eigenvalue weighted by molar-refractivity contribution is 7.99. The highest BCUT2D eigenvalue weighted by Gasteiger charge is 2.25. The van der Waals surface area contributed by atoms with E-state index in [1.54, 1.807) is 23.1 Å². The number of aliphatic hydroxyl groups excluding tert-OH is 1. The summed E-state index contributed by atoms with van der Waals surface area (Å²) < 4.78 is 0. The molecular formula is C14H22N2O2S2. The number of amides is 1. The average molecular weight is 314 g/mol. The maximum atomic E-state index is 11.9. The molecule has 1 heterocycles. The zero-order valence-corrected chi connectivity index (χ0v) is 13.4. The quantitative estimate of drug-likeness (QED) is 0.846. The first-order chi connectivity index (χ1) is 9.69. The fourth-order valence-electron chi connectivity index (χ4n) is 2.59. The van der Waals surface area contributed by atoms with E-state index < -0.39 is 0 Å². The van der Waals surface area contributed by atoms with Gasteiger partial charge in [0, 0.05) is 29.7 Å². The summed E-state index contributed by atoms with van der Waals surface area (Å²) in [6.07, 6.45) is 4.32. The van der Waals surface area contributed by atoms with Crippen LogP contribution in [0.25, 0.3) is 0 Å². The Morgan fingerprint density at radius 3 is 3.05 bits per heavy atom. The molecule has 1 saturated carbocycles. The maximum absolute atomic E-state index is 11.9. The molecule has 1 amide bonds. The lowest BCUT2D eigenvalue weighted by molar-refractivity contribution is -0.120. The molecule has 0 aliphatic heterocycles. The van der Waals surface area contributed by atoms with Gasteiger partial charge in [-0.1, -0.05) is 12.8 Å². The summed E-state index contributed by atoms with van der Waals surface area (Å²) in [5.41, 5.74) is 1.05. The molecule has 1 aromatic heterocycles. The molecule has 0 saturated heterocycles. The molecule has 0 radical (unpaired) electrons. The first-order valence-corrected chi connectivity index (χ1v) is 9.11. The Morgan fingerprint density at radius 1 is 1.55 bits per heavy atom. The SMILES string of the molecule is Cc1nc(CSCC(=O)NC2CCCCC2CO)cs1. The number of aliphatic hydroxyl groups is 1. The van der Waals surface area contributed by atoms with Crippen molar-refractivity contribution in [3.63, 3.8) is 0 Å². The maximum Gasteiger partial charge on any atom is 0.230 e. The van der Waals surface area contributed by atoms with E-state index in [4.69, 9.17) is 0 Å². The number of aryl methyl sites for hydroxylation is 1. The van der Waals surface area contributed by atoms with Gasteiger partial charge in [0.2, 0.25) is 5.91 Å². The fraction of sp³-hybridized carbons (Fsp3) is 0.714. The van der Waals surface area contributed by atoms with Crippen LogP contribution in [0.5, 0.6) is 0 Å². The predicted molar refractivity (Wildman–Crippen MR) is 84.0 cm³/mol. The monoisotopic (exact) mass is 314 g/mol. The smallest absolute Gasteiger partial charge is 0.230 e. The van der Waals surface area contributed by atoms with Gasteiger partial charge < -0.3 is 10.4 Å². The lowest BCUT2D eigenvalue weighted by Gasteiger charge is -2.30. The molecule has 0 spiro atoms. The van der Waals surface area contributed by atoms with Crippen molar-refractivity contribution < 1.29 is 9.90 Å². The minimum atomic E-state index is 0.0762. The molecule has 2 atom stereocenters. The van der Waals surface area contributed by atoms with Gasteiger partial charge in [0.25, 0.3) is 0 Å². The molecule has 20 heavy (non-hydrogen) atoms. The number of nitrogens with one attached hydrogen (secondary N) is 1. The Morgan fingerprint density at radius 2 is 2.35 bits per heavy atom. The van der Waals surface area contributed by atoms with Crippen molar-refractivity contribution >= 4 is 29.0 Å². The Bertz CT molecular complexity index is 437. The summed E-state index contributed by atoms with van der Waals surface area (Å²) in [5, 5.41) is 15.5. The number of carbonyl (C=O) groups is 1. The third-order valence-corrected chi connectivity index (χ3v) is 5.43. The number of carbonyl (C=O) groups excluding carboxylic acids is 1. The molecule has 0 aromatic carbocycles. The number of rotatable bonds is 6. The number of thiazole rings is 1. The molecule has 1 aliphatic rings. The number of hydrogen-bond donors (Lipinski definition) is 2. The molecule has 0 bridgehead atoms. The van der Waals surface area contributed by atoms with E-state index in [0.29, 0.717) is 5.75 Å². The molecule has 1 aliphatic carbocycles. The van der Waals surface area contributed by atoms with E-state index in [-0.39, 0.29) is 24.5 Å². The van der Waals surface area contributed by atoms with Crippen LogP contribution in [0, 0.1) is 12.8 Å². The van der Waals surface area contributed by atoms with Crippen LogP contribution in [0.15, 0.2) is 5.38 Å². The largest absolute Gasteiger partial charge is 0.396 e. The lowest BCUT2D eigenvalue weighted by atomic mass is 9.85.